The largest absolute Gasteiger partial charge is 0.457 e. The number of carbonyl (C=O) groups excluding carboxylic acids is 1. The summed E-state index contributed by atoms with van der Waals surface area (Å²) in [5, 5.41) is 2.88. The van der Waals surface area contributed by atoms with Crippen molar-refractivity contribution in [3.63, 3.8) is 0 Å². The van der Waals surface area contributed by atoms with Crippen molar-refractivity contribution in [3.05, 3.63) is 89.5 Å². The SMILES string of the molecule is O=C(Nc1ccccc1)N1CCc2ccc(Oc3ccc(C(F)(F)F)cc3)cc2C1. The van der Waals surface area contributed by atoms with Gasteiger partial charge in [-0.25, -0.2) is 4.79 Å². The van der Waals surface area contributed by atoms with Crippen molar-refractivity contribution in [3.8, 4) is 11.5 Å². The number of carbonyl (C=O) groups is 1. The molecule has 1 N–H and O–H groups in total. The smallest absolute Gasteiger partial charge is 0.416 e. The van der Waals surface area contributed by atoms with Crippen LogP contribution in [0, 0.1) is 0 Å². The Balaban J connectivity index is 1.44. The summed E-state index contributed by atoms with van der Waals surface area (Å²) in [6.45, 7) is 1.03. The predicted octanol–water partition coefficient (Wildman–Crippen LogP) is 6.09. The molecule has 0 bridgehead atoms. The molecule has 1 heterocycles. The molecule has 0 aliphatic carbocycles. The van der Waals surface area contributed by atoms with E-state index in [2.05, 4.69) is 5.32 Å². The van der Waals surface area contributed by atoms with E-state index < -0.39 is 11.7 Å². The van der Waals surface area contributed by atoms with Crippen LogP contribution in [0.5, 0.6) is 11.5 Å². The minimum absolute atomic E-state index is 0.180. The Kier molecular flexibility index (Phi) is 5.35. The lowest BCUT2D eigenvalue weighted by atomic mass is 10.00. The summed E-state index contributed by atoms with van der Waals surface area (Å²) in [7, 11) is 0. The average Bonchev–Trinajstić information content (AvgIpc) is 2.74. The number of fused-ring (bicyclic) bond motifs is 1. The summed E-state index contributed by atoms with van der Waals surface area (Å²) in [5.41, 5.74) is 2.08. The first-order valence-electron chi connectivity index (χ1n) is 9.46. The Hall–Kier alpha value is -3.48. The number of nitrogens with one attached hydrogen (secondary N) is 1. The Morgan fingerprint density at radius 1 is 0.900 bits per heavy atom. The van der Waals surface area contributed by atoms with E-state index in [1.54, 1.807) is 11.0 Å². The lowest BCUT2D eigenvalue weighted by molar-refractivity contribution is -0.137. The molecule has 2 amide bonds. The Bertz CT molecular complexity index is 1030. The molecule has 0 saturated heterocycles. The van der Waals surface area contributed by atoms with Crippen LogP contribution >= 0.6 is 0 Å². The predicted molar refractivity (Wildman–Crippen MR) is 108 cm³/mol. The lowest BCUT2D eigenvalue weighted by Gasteiger charge is -2.29. The van der Waals surface area contributed by atoms with Gasteiger partial charge in [0.2, 0.25) is 0 Å². The second kappa shape index (κ2) is 8.10. The minimum atomic E-state index is -4.38. The van der Waals surface area contributed by atoms with Crippen molar-refractivity contribution in [1.29, 1.82) is 0 Å². The number of hydrogen-bond acceptors (Lipinski definition) is 2. The van der Waals surface area contributed by atoms with Crippen LogP contribution in [-0.2, 0) is 19.1 Å². The topological polar surface area (TPSA) is 41.6 Å². The van der Waals surface area contributed by atoms with Gasteiger partial charge in [0.25, 0.3) is 0 Å². The quantitative estimate of drug-likeness (QED) is 0.566. The second-order valence-corrected chi connectivity index (χ2v) is 7.02. The molecule has 4 rings (SSSR count). The number of urea groups is 1. The zero-order chi connectivity index (χ0) is 21.1. The van der Waals surface area contributed by atoms with Crippen molar-refractivity contribution >= 4 is 11.7 Å². The number of halogens is 3. The van der Waals surface area contributed by atoms with Crippen molar-refractivity contribution < 1.29 is 22.7 Å². The summed E-state index contributed by atoms with van der Waals surface area (Å²) in [4.78, 5) is 14.3. The van der Waals surface area contributed by atoms with Crippen LogP contribution in [0.2, 0.25) is 0 Å². The van der Waals surface area contributed by atoms with Crippen LogP contribution in [-0.4, -0.2) is 17.5 Å². The van der Waals surface area contributed by atoms with Crippen molar-refractivity contribution in [2.75, 3.05) is 11.9 Å². The van der Waals surface area contributed by atoms with E-state index in [9.17, 15) is 18.0 Å². The molecule has 0 saturated carbocycles. The van der Waals surface area contributed by atoms with Crippen molar-refractivity contribution in [2.24, 2.45) is 0 Å². The summed E-state index contributed by atoms with van der Waals surface area (Å²) >= 11 is 0. The first kappa shape index (κ1) is 19.8. The first-order chi connectivity index (χ1) is 14.4. The maximum atomic E-state index is 12.7. The second-order valence-electron chi connectivity index (χ2n) is 7.02. The molecule has 4 nitrogen and oxygen atoms in total. The molecular weight excluding hydrogens is 393 g/mol. The van der Waals surface area contributed by atoms with Gasteiger partial charge in [0.1, 0.15) is 11.5 Å². The maximum absolute atomic E-state index is 12.7. The van der Waals surface area contributed by atoms with Gasteiger partial charge >= 0.3 is 12.2 Å². The van der Waals surface area contributed by atoms with Crippen LogP contribution in [0.25, 0.3) is 0 Å². The number of nitrogens with zero attached hydrogens (tertiary/aromatic N) is 1. The van der Waals surface area contributed by atoms with E-state index in [1.807, 2.05) is 42.5 Å². The van der Waals surface area contributed by atoms with Crippen molar-refractivity contribution in [1.82, 2.24) is 4.90 Å². The van der Waals surface area contributed by atoms with Crippen molar-refractivity contribution in [2.45, 2.75) is 19.1 Å². The minimum Gasteiger partial charge on any atom is -0.457 e. The van der Waals surface area contributed by atoms with E-state index >= 15 is 0 Å². The molecule has 0 aromatic heterocycles. The van der Waals surface area contributed by atoms with Gasteiger partial charge in [0.05, 0.1) is 5.56 Å². The highest BCUT2D eigenvalue weighted by molar-refractivity contribution is 5.89. The monoisotopic (exact) mass is 412 g/mol. The number of para-hydroxylation sites is 1. The fourth-order valence-corrected chi connectivity index (χ4v) is 3.34. The number of hydrogen-bond donors (Lipinski definition) is 1. The van der Waals surface area contributed by atoms with Crippen LogP contribution in [0.1, 0.15) is 16.7 Å². The molecule has 154 valence electrons. The summed E-state index contributed by atoms with van der Waals surface area (Å²) in [6, 6.07) is 19.2. The van der Waals surface area contributed by atoms with Gasteiger partial charge in [0.15, 0.2) is 0 Å². The zero-order valence-electron chi connectivity index (χ0n) is 15.9. The van der Waals surface area contributed by atoms with Gasteiger partial charge in [-0.05, 0) is 66.1 Å². The van der Waals surface area contributed by atoms with E-state index in [0.717, 1.165) is 35.4 Å². The molecule has 0 atom stereocenters. The fraction of sp³-hybridized carbons (Fsp3) is 0.174. The third-order valence-corrected chi connectivity index (χ3v) is 4.92. The Labute approximate surface area is 171 Å². The molecule has 0 unspecified atom stereocenters. The molecule has 3 aromatic rings. The number of ether oxygens (including phenoxy) is 1. The molecule has 1 aliphatic rings. The molecule has 0 spiro atoms. The molecule has 7 heteroatoms. The molecule has 0 fully saturated rings. The Morgan fingerprint density at radius 2 is 1.60 bits per heavy atom. The van der Waals surface area contributed by atoms with Crippen LogP contribution in [0.15, 0.2) is 72.8 Å². The number of anilines is 1. The van der Waals surface area contributed by atoms with E-state index in [1.165, 1.54) is 12.1 Å². The molecule has 0 radical (unpaired) electrons. The Morgan fingerprint density at radius 3 is 2.30 bits per heavy atom. The van der Waals surface area contributed by atoms with Gasteiger partial charge in [0, 0.05) is 18.8 Å². The highest BCUT2D eigenvalue weighted by Crippen LogP contribution is 2.32. The third-order valence-electron chi connectivity index (χ3n) is 4.92. The molecule has 30 heavy (non-hydrogen) atoms. The summed E-state index contributed by atoms with van der Waals surface area (Å²) in [5.74, 6) is 0.830. The number of alkyl halides is 3. The van der Waals surface area contributed by atoms with Gasteiger partial charge in [-0.2, -0.15) is 13.2 Å². The van der Waals surface area contributed by atoms with Crippen LogP contribution < -0.4 is 10.1 Å². The van der Waals surface area contributed by atoms with E-state index in [4.69, 9.17) is 4.74 Å². The molecular formula is C23H19F3N2O2. The van der Waals surface area contributed by atoms with Crippen LogP contribution in [0.3, 0.4) is 0 Å². The van der Waals surface area contributed by atoms with Crippen LogP contribution in [0.4, 0.5) is 23.7 Å². The first-order valence-corrected chi connectivity index (χ1v) is 9.46. The number of rotatable bonds is 3. The normalized spacial score (nSPS) is 13.5. The molecule has 1 aliphatic heterocycles. The van der Waals surface area contributed by atoms with Gasteiger partial charge in [-0.3, -0.25) is 0 Å². The number of amides is 2. The highest BCUT2D eigenvalue weighted by atomic mass is 19.4. The summed E-state index contributed by atoms with van der Waals surface area (Å²) < 4.78 is 43.8. The number of benzene rings is 3. The molecule has 3 aromatic carbocycles. The van der Waals surface area contributed by atoms with E-state index in [0.29, 0.717) is 24.6 Å². The zero-order valence-corrected chi connectivity index (χ0v) is 15.9. The van der Waals surface area contributed by atoms with Gasteiger partial charge < -0.3 is 15.0 Å². The standard InChI is InChI=1S/C23H19F3N2O2/c24-23(25,26)18-7-10-20(11-8-18)30-21-9-6-16-12-13-28(15-17(16)14-21)22(29)27-19-4-2-1-3-5-19/h1-11,14H,12-13,15H2,(H,27,29). The fourth-order valence-electron chi connectivity index (χ4n) is 3.34. The highest BCUT2D eigenvalue weighted by Gasteiger charge is 2.30. The van der Waals surface area contributed by atoms with Gasteiger partial charge in [-0.15, -0.1) is 0 Å². The third kappa shape index (κ3) is 4.56. The lowest BCUT2D eigenvalue weighted by Crippen LogP contribution is -2.38. The van der Waals surface area contributed by atoms with E-state index in [-0.39, 0.29) is 6.03 Å². The van der Waals surface area contributed by atoms with Gasteiger partial charge in [-0.1, -0.05) is 24.3 Å². The summed E-state index contributed by atoms with van der Waals surface area (Å²) in [6.07, 6.45) is -3.66. The maximum Gasteiger partial charge on any atom is 0.416 e. The average molecular weight is 412 g/mol.